The quantitative estimate of drug-likeness (QED) is 0.390. The number of amidine groups is 1. The van der Waals surface area contributed by atoms with Gasteiger partial charge in [0.15, 0.2) is 5.84 Å². The third-order valence-electron chi connectivity index (χ3n) is 3.46. The van der Waals surface area contributed by atoms with Gasteiger partial charge < -0.3 is 15.8 Å². The maximum absolute atomic E-state index is 9.02. The van der Waals surface area contributed by atoms with Crippen LogP contribution in [0.4, 0.5) is 11.4 Å². The second-order valence-electron chi connectivity index (χ2n) is 5.09. The Morgan fingerprint density at radius 2 is 1.86 bits per heavy atom. The van der Waals surface area contributed by atoms with Crippen LogP contribution in [0.2, 0.25) is 0 Å². The minimum absolute atomic E-state index is 0.125. The van der Waals surface area contributed by atoms with Gasteiger partial charge in [-0.25, -0.2) is 0 Å². The van der Waals surface area contributed by atoms with E-state index in [-0.39, 0.29) is 5.84 Å². The first-order valence-corrected chi connectivity index (χ1v) is 6.99. The first-order chi connectivity index (χ1) is 10.1. The van der Waals surface area contributed by atoms with E-state index in [1.165, 1.54) is 5.56 Å². The molecule has 3 N–H and O–H groups in total. The molecule has 110 valence electrons. The Bertz CT molecular complexity index is 665. The predicted octanol–water partition coefficient (Wildman–Crippen LogP) is 3.56. The topological polar surface area (TPSA) is 61.8 Å². The predicted molar refractivity (Wildman–Crippen MR) is 87.5 cm³/mol. The molecular weight excluding hydrogens is 262 g/mol. The van der Waals surface area contributed by atoms with Gasteiger partial charge in [0.25, 0.3) is 0 Å². The van der Waals surface area contributed by atoms with Crippen LogP contribution in [0.5, 0.6) is 0 Å². The molecule has 0 aliphatic heterocycles. The van der Waals surface area contributed by atoms with Crippen LogP contribution >= 0.6 is 0 Å². The van der Waals surface area contributed by atoms with Gasteiger partial charge in [0.1, 0.15) is 0 Å². The lowest BCUT2D eigenvalue weighted by Crippen LogP contribution is -2.22. The molecule has 0 radical (unpaired) electrons. The second kappa shape index (κ2) is 6.31. The maximum atomic E-state index is 9.02. The Hall–Kier alpha value is -2.49. The summed E-state index contributed by atoms with van der Waals surface area (Å²) in [5.41, 5.74) is 10.9. The number of nitrogens with two attached hydrogens (primary N) is 1. The summed E-state index contributed by atoms with van der Waals surface area (Å²) in [6.45, 7) is 6.92. The van der Waals surface area contributed by atoms with Crippen LogP contribution in [-0.4, -0.2) is 17.6 Å². The number of aryl methyl sites for hydroxylation is 2. The first kappa shape index (κ1) is 14.9. The summed E-state index contributed by atoms with van der Waals surface area (Å²) in [7, 11) is 0. The van der Waals surface area contributed by atoms with Crippen molar-refractivity contribution in [1.29, 1.82) is 0 Å². The van der Waals surface area contributed by atoms with Crippen LogP contribution in [0.1, 0.15) is 23.6 Å². The lowest BCUT2D eigenvalue weighted by atomic mass is 10.1. The molecule has 2 rings (SSSR count). The van der Waals surface area contributed by atoms with Crippen molar-refractivity contribution in [3.63, 3.8) is 0 Å². The SMILES string of the molecule is CCN(c1cccc(C)c1)c1ccc(C)cc1/C(N)=N/O. The molecule has 21 heavy (non-hydrogen) atoms. The molecule has 4 nitrogen and oxygen atoms in total. The minimum Gasteiger partial charge on any atom is -0.409 e. The van der Waals surface area contributed by atoms with Crippen LogP contribution in [-0.2, 0) is 0 Å². The van der Waals surface area contributed by atoms with E-state index in [9.17, 15) is 0 Å². The zero-order chi connectivity index (χ0) is 15.4. The third-order valence-corrected chi connectivity index (χ3v) is 3.46. The molecule has 0 saturated carbocycles. The van der Waals surface area contributed by atoms with Gasteiger partial charge in [-0.2, -0.15) is 0 Å². The molecule has 0 bridgehead atoms. The molecule has 0 atom stereocenters. The molecule has 0 spiro atoms. The molecular formula is C17H21N3O. The number of oxime groups is 1. The summed E-state index contributed by atoms with van der Waals surface area (Å²) >= 11 is 0. The van der Waals surface area contributed by atoms with Gasteiger partial charge in [0.05, 0.1) is 5.69 Å². The van der Waals surface area contributed by atoms with Crippen molar-refractivity contribution in [2.45, 2.75) is 20.8 Å². The Labute approximate surface area is 125 Å². The molecule has 0 aliphatic carbocycles. The van der Waals surface area contributed by atoms with Gasteiger partial charge in [-0.3, -0.25) is 0 Å². The van der Waals surface area contributed by atoms with E-state index < -0.39 is 0 Å². The highest BCUT2D eigenvalue weighted by atomic mass is 16.4. The standard InChI is InChI=1S/C17H21N3O/c1-4-20(14-7-5-6-12(2)10-14)16-9-8-13(3)11-15(16)17(18)19-21/h5-11,21H,4H2,1-3H3,(H2,18,19). The monoisotopic (exact) mass is 283 g/mol. The Balaban J connectivity index is 2.57. The Morgan fingerprint density at radius 1 is 1.14 bits per heavy atom. The van der Waals surface area contributed by atoms with Gasteiger partial charge in [-0.1, -0.05) is 28.9 Å². The van der Waals surface area contributed by atoms with Crippen molar-refractivity contribution in [3.8, 4) is 0 Å². The van der Waals surface area contributed by atoms with Crippen molar-refractivity contribution in [2.24, 2.45) is 10.9 Å². The molecule has 0 unspecified atom stereocenters. The van der Waals surface area contributed by atoms with Crippen LogP contribution in [0, 0.1) is 13.8 Å². The summed E-state index contributed by atoms with van der Waals surface area (Å²) in [5, 5.41) is 12.2. The van der Waals surface area contributed by atoms with Crippen LogP contribution in [0.25, 0.3) is 0 Å². The fourth-order valence-electron chi connectivity index (χ4n) is 2.43. The van der Waals surface area contributed by atoms with Gasteiger partial charge in [0.2, 0.25) is 0 Å². The zero-order valence-corrected chi connectivity index (χ0v) is 12.7. The summed E-state index contributed by atoms with van der Waals surface area (Å²) in [6, 6.07) is 14.3. The number of hydrogen-bond donors (Lipinski definition) is 2. The molecule has 2 aromatic carbocycles. The van der Waals surface area contributed by atoms with Crippen LogP contribution in [0.3, 0.4) is 0 Å². The average Bonchev–Trinajstić information content (AvgIpc) is 2.48. The van der Waals surface area contributed by atoms with Gasteiger partial charge in [-0.05, 0) is 50.6 Å². The third kappa shape index (κ3) is 3.16. The highest BCUT2D eigenvalue weighted by molar-refractivity contribution is 6.03. The molecule has 0 aliphatic rings. The molecule has 0 heterocycles. The number of nitrogens with zero attached hydrogens (tertiary/aromatic N) is 2. The molecule has 2 aromatic rings. The highest BCUT2D eigenvalue weighted by Gasteiger charge is 2.15. The second-order valence-corrected chi connectivity index (χ2v) is 5.09. The molecule has 0 amide bonds. The number of hydrogen-bond acceptors (Lipinski definition) is 3. The zero-order valence-electron chi connectivity index (χ0n) is 12.7. The van der Waals surface area contributed by atoms with E-state index >= 15 is 0 Å². The minimum atomic E-state index is 0.125. The lowest BCUT2D eigenvalue weighted by Gasteiger charge is -2.26. The average molecular weight is 283 g/mol. The van der Waals surface area contributed by atoms with Crippen LogP contribution < -0.4 is 10.6 Å². The van der Waals surface area contributed by atoms with E-state index in [2.05, 4.69) is 42.1 Å². The molecule has 0 fully saturated rings. The summed E-state index contributed by atoms with van der Waals surface area (Å²) in [5.74, 6) is 0.125. The fraction of sp³-hybridized carbons (Fsp3) is 0.235. The van der Waals surface area contributed by atoms with Gasteiger partial charge in [0, 0.05) is 17.8 Å². The van der Waals surface area contributed by atoms with Crippen LogP contribution in [0.15, 0.2) is 47.6 Å². The van der Waals surface area contributed by atoms with Crippen molar-refractivity contribution < 1.29 is 5.21 Å². The summed E-state index contributed by atoms with van der Waals surface area (Å²) < 4.78 is 0. The fourth-order valence-corrected chi connectivity index (χ4v) is 2.43. The highest BCUT2D eigenvalue weighted by Crippen LogP contribution is 2.29. The molecule has 0 saturated heterocycles. The Morgan fingerprint density at radius 3 is 2.48 bits per heavy atom. The molecule has 0 aromatic heterocycles. The normalized spacial score (nSPS) is 11.5. The smallest absolute Gasteiger partial charge is 0.172 e. The summed E-state index contributed by atoms with van der Waals surface area (Å²) in [6.07, 6.45) is 0. The van der Waals surface area contributed by atoms with E-state index in [0.717, 1.165) is 29.0 Å². The van der Waals surface area contributed by atoms with Crippen molar-refractivity contribution in [3.05, 3.63) is 59.2 Å². The first-order valence-electron chi connectivity index (χ1n) is 6.99. The molecule has 4 heteroatoms. The van der Waals surface area contributed by atoms with E-state index in [1.54, 1.807) is 0 Å². The van der Waals surface area contributed by atoms with Crippen molar-refractivity contribution >= 4 is 17.2 Å². The summed E-state index contributed by atoms with van der Waals surface area (Å²) in [4.78, 5) is 2.15. The number of anilines is 2. The number of rotatable bonds is 4. The number of benzene rings is 2. The van der Waals surface area contributed by atoms with E-state index in [4.69, 9.17) is 10.9 Å². The van der Waals surface area contributed by atoms with Gasteiger partial charge >= 0.3 is 0 Å². The largest absolute Gasteiger partial charge is 0.409 e. The van der Waals surface area contributed by atoms with Crippen molar-refractivity contribution in [2.75, 3.05) is 11.4 Å². The maximum Gasteiger partial charge on any atom is 0.172 e. The van der Waals surface area contributed by atoms with Crippen molar-refractivity contribution in [1.82, 2.24) is 0 Å². The van der Waals surface area contributed by atoms with E-state index in [0.29, 0.717) is 0 Å². The Kier molecular flexibility index (Phi) is 4.48. The van der Waals surface area contributed by atoms with Gasteiger partial charge in [-0.15, -0.1) is 0 Å². The lowest BCUT2D eigenvalue weighted by molar-refractivity contribution is 0.318. The van der Waals surface area contributed by atoms with E-state index in [1.807, 2.05) is 31.2 Å².